The van der Waals surface area contributed by atoms with E-state index in [1.807, 2.05) is 0 Å². The highest BCUT2D eigenvalue weighted by molar-refractivity contribution is 5.75. The van der Waals surface area contributed by atoms with E-state index in [9.17, 15) is 4.79 Å². The van der Waals surface area contributed by atoms with Crippen molar-refractivity contribution in [2.24, 2.45) is 17.3 Å². The molecule has 1 N–H and O–H groups in total. The zero-order valence-corrected chi connectivity index (χ0v) is 9.62. The second-order valence-electron chi connectivity index (χ2n) is 5.55. The van der Waals surface area contributed by atoms with Crippen molar-refractivity contribution in [3.63, 3.8) is 0 Å². The zero-order chi connectivity index (χ0) is 11.1. The Hall–Kier alpha value is -0.790. The van der Waals surface area contributed by atoms with Crippen LogP contribution in [0.2, 0.25) is 0 Å². The summed E-state index contributed by atoms with van der Waals surface area (Å²) in [7, 11) is 0. The lowest BCUT2D eigenvalue weighted by Crippen LogP contribution is -2.03. The van der Waals surface area contributed by atoms with Crippen LogP contribution in [0.15, 0.2) is 11.6 Å². The van der Waals surface area contributed by atoms with Crippen LogP contribution in [0.4, 0.5) is 0 Å². The van der Waals surface area contributed by atoms with Crippen LogP contribution in [-0.4, -0.2) is 11.1 Å². The van der Waals surface area contributed by atoms with Crippen molar-refractivity contribution in [3.05, 3.63) is 11.6 Å². The van der Waals surface area contributed by atoms with Crippen LogP contribution in [0.1, 0.15) is 46.0 Å². The van der Waals surface area contributed by atoms with E-state index in [4.69, 9.17) is 5.11 Å². The van der Waals surface area contributed by atoms with Crippen molar-refractivity contribution >= 4 is 5.97 Å². The fraction of sp³-hybridized carbons (Fsp3) is 0.769. The fourth-order valence-corrected chi connectivity index (χ4v) is 3.00. The summed E-state index contributed by atoms with van der Waals surface area (Å²) in [5.41, 5.74) is 1.57. The molecule has 2 aliphatic rings. The summed E-state index contributed by atoms with van der Waals surface area (Å²) in [6.07, 6.45) is 8.40. The number of carbonyl (C=O) groups is 1. The van der Waals surface area contributed by atoms with E-state index < -0.39 is 5.97 Å². The summed E-state index contributed by atoms with van der Waals surface area (Å²) in [5.74, 6) is -0.367. The van der Waals surface area contributed by atoms with Crippen molar-refractivity contribution in [1.29, 1.82) is 0 Å². The number of allylic oxidation sites excluding steroid dienone is 2. The van der Waals surface area contributed by atoms with Crippen LogP contribution in [0.5, 0.6) is 0 Å². The minimum atomic E-state index is -0.616. The third kappa shape index (κ3) is 1.95. The lowest BCUT2D eigenvalue weighted by atomic mass is 10.1. The largest absolute Gasteiger partial charge is 0.481 e. The van der Waals surface area contributed by atoms with Gasteiger partial charge in [0.2, 0.25) is 0 Å². The SMILES string of the molecule is CC1(C)C(CC=C2CCCC2)C1C(=O)O. The lowest BCUT2D eigenvalue weighted by molar-refractivity contribution is -0.139. The molecule has 15 heavy (non-hydrogen) atoms. The highest BCUT2D eigenvalue weighted by atomic mass is 16.4. The third-order valence-electron chi connectivity index (χ3n) is 4.22. The molecule has 2 heteroatoms. The smallest absolute Gasteiger partial charge is 0.307 e. The Kier molecular flexibility index (Phi) is 2.61. The molecule has 0 spiro atoms. The number of aliphatic carboxylic acids is 1. The molecule has 2 fully saturated rings. The maximum atomic E-state index is 11.0. The van der Waals surface area contributed by atoms with Crippen molar-refractivity contribution in [1.82, 2.24) is 0 Å². The van der Waals surface area contributed by atoms with E-state index in [0.29, 0.717) is 5.92 Å². The van der Waals surface area contributed by atoms with Gasteiger partial charge in [0, 0.05) is 0 Å². The summed E-state index contributed by atoms with van der Waals surface area (Å²) < 4.78 is 0. The Morgan fingerprint density at radius 1 is 1.47 bits per heavy atom. The number of hydrogen-bond donors (Lipinski definition) is 1. The van der Waals surface area contributed by atoms with Crippen LogP contribution in [0, 0.1) is 17.3 Å². The quantitative estimate of drug-likeness (QED) is 0.723. The van der Waals surface area contributed by atoms with Gasteiger partial charge in [-0.2, -0.15) is 0 Å². The molecular weight excluding hydrogens is 188 g/mol. The Labute approximate surface area is 91.4 Å². The molecule has 0 amide bonds. The first-order chi connectivity index (χ1) is 7.03. The van der Waals surface area contributed by atoms with Gasteiger partial charge in [0.15, 0.2) is 0 Å². The molecule has 2 unspecified atom stereocenters. The summed E-state index contributed by atoms with van der Waals surface area (Å²) >= 11 is 0. The molecule has 2 saturated carbocycles. The topological polar surface area (TPSA) is 37.3 Å². The molecule has 2 nitrogen and oxygen atoms in total. The lowest BCUT2D eigenvalue weighted by Gasteiger charge is -1.99. The molecule has 0 aromatic heterocycles. The molecule has 0 aliphatic heterocycles. The van der Waals surface area contributed by atoms with Gasteiger partial charge in [-0.25, -0.2) is 0 Å². The average Bonchev–Trinajstić information content (AvgIpc) is 2.55. The highest BCUT2D eigenvalue weighted by Crippen LogP contribution is 2.60. The molecule has 0 saturated heterocycles. The van der Waals surface area contributed by atoms with E-state index in [-0.39, 0.29) is 11.3 Å². The highest BCUT2D eigenvalue weighted by Gasteiger charge is 2.61. The summed E-state index contributed by atoms with van der Waals surface area (Å²) in [6.45, 7) is 4.15. The van der Waals surface area contributed by atoms with Crippen LogP contribution in [0.25, 0.3) is 0 Å². The van der Waals surface area contributed by atoms with Crippen molar-refractivity contribution in [3.8, 4) is 0 Å². The Balaban J connectivity index is 1.91. The molecule has 0 aromatic carbocycles. The number of hydrogen-bond acceptors (Lipinski definition) is 1. The summed E-state index contributed by atoms with van der Waals surface area (Å²) in [6, 6.07) is 0. The second kappa shape index (κ2) is 3.66. The van der Waals surface area contributed by atoms with Gasteiger partial charge >= 0.3 is 5.97 Å². The first-order valence-electron chi connectivity index (χ1n) is 5.94. The summed E-state index contributed by atoms with van der Waals surface area (Å²) in [5, 5.41) is 9.03. The molecule has 0 aromatic rings. The Morgan fingerprint density at radius 2 is 2.07 bits per heavy atom. The zero-order valence-electron chi connectivity index (χ0n) is 9.62. The van der Waals surface area contributed by atoms with Crippen LogP contribution >= 0.6 is 0 Å². The van der Waals surface area contributed by atoms with Gasteiger partial charge in [-0.15, -0.1) is 0 Å². The number of carboxylic acid groups (broad SMARTS) is 1. The predicted molar refractivity (Wildman–Crippen MR) is 59.6 cm³/mol. The van der Waals surface area contributed by atoms with Gasteiger partial charge < -0.3 is 5.11 Å². The van der Waals surface area contributed by atoms with Crippen molar-refractivity contribution in [2.45, 2.75) is 46.0 Å². The van der Waals surface area contributed by atoms with Gasteiger partial charge in [0.05, 0.1) is 5.92 Å². The van der Waals surface area contributed by atoms with Crippen molar-refractivity contribution < 1.29 is 9.90 Å². The number of carboxylic acids is 1. The van der Waals surface area contributed by atoms with E-state index >= 15 is 0 Å². The molecule has 2 aliphatic carbocycles. The van der Waals surface area contributed by atoms with Gasteiger partial charge in [-0.05, 0) is 43.4 Å². The first-order valence-corrected chi connectivity index (χ1v) is 5.94. The van der Waals surface area contributed by atoms with E-state index in [1.54, 1.807) is 5.57 Å². The maximum Gasteiger partial charge on any atom is 0.307 e. The molecule has 2 atom stereocenters. The normalized spacial score (nSPS) is 32.8. The van der Waals surface area contributed by atoms with Gasteiger partial charge in [-0.1, -0.05) is 25.5 Å². The fourth-order valence-electron chi connectivity index (χ4n) is 3.00. The average molecular weight is 208 g/mol. The second-order valence-corrected chi connectivity index (χ2v) is 5.55. The molecule has 0 radical (unpaired) electrons. The standard InChI is InChI=1S/C13H20O2/c1-13(2)10(11(13)12(14)15)8-7-9-5-3-4-6-9/h7,10-11H,3-6,8H2,1-2H3,(H,14,15). The maximum absolute atomic E-state index is 11.0. The molecule has 2 rings (SSSR count). The number of rotatable bonds is 3. The minimum Gasteiger partial charge on any atom is -0.481 e. The third-order valence-corrected chi connectivity index (χ3v) is 4.22. The van der Waals surface area contributed by atoms with Crippen LogP contribution in [-0.2, 0) is 4.79 Å². The predicted octanol–water partition coefficient (Wildman–Crippen LogP) is 3.23. The molecule has 84 valence electrons. The molecule has 0 heterocycles. The van der Waals surface area contributed by atoms with E-state index in [0.717, 1.165) is 6.42 Å². The minimum absolute atomic E-state index is 0.0154. The van der Waals surface area contributed by atoms with Gasteiger partial charge in [-0.3, -0.25) is 4.79 Å². The van der Waals surface area contributed by atoms with E-state index in [1.165, 1.54) is 25.7 Å². The van der Waals surface area contributed by atoms with Gasteiger partial charge in [0.25, 0.3) is 0 Å². The molecular formula is C13H20O2. The van der Waals surface area contributed by atoms with Gasteiger partial charge in [0.1, 0.15) is 0 Å². The molecule has 0 bridgehead atoms. The van der Waals surface area contributed by atoms with E-state index in [2.05, 4.69) is 19.9 Å². The monoisotopic (exact) mass is 208 g/mol. The van der Waals surface area contributed by atoms with Crippen molar-refractivity contribution in [2.75, 3.05) is 0 Å². The Bertz CT molecular complexity index is 294. The van der Waals surface area contributed by atoms with Crippen LogP contribution < -0.4 is 0 Å². The van der Waals surface area contributed by atoms with Crippen LogP contribution in [0.3, 0.4) is 0 Å². The summed E-state index contributed by atoms with van der Waals surface area (Å²) in [4.78, 5) is 11.0. The first kappa shape index (κ1) is 10.7. The Morgan fingerprint density at radius 3 is 2.53 bits per heavy atom.